The van der Waals surface area contributed by atoms with Crippen molar-refractivity contribution >= 4 is 17.3 Å². The number of amides is 1. The molecule has 1 heterocycles. The zero-order valence-electron chi connectivity index (χ0n) is 14.2. The third-order valence-corrected chi connectivity index (χ3v) is 4.25. The number of hydrogen-bond acceptors (Lipinski definition) is 3. The minimum Gasteiger partial charge on any atom is -0.508 e. The van der Waals surface area contributed by atoms with E-state index in [0.717, 1.165) is 12.1 Å². The average molecular weight is 362 g/mol. The molecule has 0 bridgehead atoms. The maximum absolute atomic E-state index is 13.1. The van der Waals surface area contributed by atoms with Crippen molar-refractivity contribution in [3.05, 3.63) is 59.2 Å². The van der Waals surface area contributed by atoms with Crippen LogP contribution in [0.15, 0.2) is 47.5 Å². The molecule has 1 aliphatic rings. The lowest BCUT2D eigenvalue weighted by Crippen LogP contribution is -2.36. The Morgan fingerprint density at radius 3 is 2.58 bits per heavy atom. The van der Waals surface area contributed by atoms with Gasteiger partial charge in [0.25, 0.3) is 5.91 Å². The van der Waals surface area contributed by atoms with Crippen LogP contribution in [0.1, 0.15) is 30.5 Å². The molecule has 136 valence electrons. The molecule has 0 radical (unpaired) electrons. The van der Waals surface area contributed by atoms with E-state index >= 15 is 0 Å². The molecule has 0 fully saturated rings. The Bertz CT molecular complexity index is 891. The minimum atomic E-state index is -4.49. The number of phenolic OH excluding ortho intramolecular Hbond substituents is 1. The summed E-state index contributed by atoms with van der Waals surface area (Å²) >= 11 is 0. The quantitative estimate of drug-likeness (QED) is 0.878. The summed E-state index contributed by atoms with van der Waals surface area (Å²) < 4.78 is 39.3. The molecule has 1 aliphatic heterocycles. The molecular weight excluding hydrogens is 345 g/mol. The van der Waals surface area contributed by atoms with Gasteiger partial charge < -0.3 is 10.0 Å². The number of aliphatic imine (C=N–C) groups is 1. The van der Waals surface area contributed by atoms with E-state index in [0.29, 0.717) is 17.8 Å². The third kappa shape index (κ3) is 3.16. The molecule has 3 rings (SSSR count). The van der Waals surface area contributed by atoms with E-state index in [1.165, 1.54) is 29.2 Å². The Balaban J connectivity index is 2.25. The second kappa shape index (κ2) is 6.48. The number of anilines is 1. The molecule has 2 aromatic carbocycles. The smallest absolute Gasteiger partial charge is 0.416 e. The lowest BCUT2D eigenvalue weighted by atomic mass is 9.98. The molecule has 26 heavy (non-hydrogen) atoms. The number of likely N-dealkylation sites (N-methyl/N-ethyl adjacent to an activating group) is 1. The van der Waals surface area contributed by atoms with Crippen molar-refractivity contribution in [1.29, 1.82) is 0 Å². The van der Waals surface area contributed by atoms with Gasteiger partial charge in [-0.3, -0.25) is 9.79 Å². The van der Waals surface area contributed by atoms with Gasteiger partial charge in [-0.15, -0.1) is 0 Å². The molecule has 1 amide bonds. The van der Waals surface area contributed by atoms with Crippen LogP contribution in [0.2, 0.25) is 0 Å². The Morgan fingerprint density at radius 2 is 1.92 bits per heavy atom. The first-order valence-corrected chi connectivity index (χ1v) is 8.12. The van der Waals surface area contributed by atoms with E-state index in [9.17, 15) is 23.1 Å². The van der Waals surface area contributed by atoms with Gasteiger partial charge in [-0.05, 0) is 44.2 Å². The summed E-state index contributed by atoms with van der Waals surface area (Å²) in [5.41, 5.74) is 0.623. The van der Waals surface area contributed by atoms with Gasteiger partial charge in [0, 0.05) is 17.7 Å². The van der Waals surface area contributed by atoms with Crippen LogP contribution in [0, 0.1) is 0 Å². The van der Waals surface area contributed by atoms with E-state index in [2.05, 4.69) is 4.99 Å². The number of alkyl halides is 3. The van der Waals surface area contributed by atoms with Crippen molar-refractivity contribution in [2.75, 3.05) is 11.4 Å². The van der Waals surface area contributed by atoms with Gasteiger partial charge in [0.05, 0.1) is 17.0 Å². The lowest BCUT2D eigenvalue weighted by molar-refractivity contribution is -0.137. The van der Waals surface area contributed by atoms with E-state index in [-0.39, 0.29) is 22.9 Å². The van der Waals surface area contributed by atoms with Gasteiger partial charge in [0.1, 0.15) is 11.8 Å². The Labute approximate surface area is 148 Å². The monoisotopic (exact) mass is 362 g/mol. The standard InChI is InChI=1S/C19H17F3N2O2/c1-3-24-16-8-7-14(25)10-15(16)17(23-11(2)18(24)26)12-5-4-6-13(9-12)19(20,21)22/h4-11,25H,3H2,1-2H3/t11-/m0/s1. The number of nitrogens with zero attached hydrogens (tertiary/aromatic N) is 2. The number of hydrogen-bond donors (Lipinski definition) is 1. The zero-order valence-corrected chi connectivity index (χ0v) is 14.2. The highest BCUT2D eigenvalue weighted by Gasteiger charge is 2.32. The van der Waals surface area contributed by atoms with Crippen molar-refractivity contribution < 1.29 is 23.1 Å². The molecule has 7 heteroatoms. The highest BCUT2D eigenvalue weighted by molar-refractivity contribution is 6.20. The predicted molar refractivity (Wildman–Crippen MR) is 92.7 cm³/mol. The van der Waals surface area contributed by atoms with Crippen LogP contribution in [0.5, 0.6) is 5.75 Å². The summed E-state index contributed by atoms with van der Waals surface area (Å²) in [6, 6.07) is 8.49. The number of aromatic hydroxyl groups is 1. The lowest BCUT2D eigenvalue weighted by Gasteiger charge is -2.22. The molecule has 0 aliphatic carbocycles. The summed E-state index contributed by atoms with van der Waals surface area (Å²) in [4.78, 5) is 18.5. The Morgan fingerprint density at radius 1 is 1.19 bits per heavy atom. The molecule has 0 spiro atoms. The second-order valence-corrected chi connectivity index (χ2v) is 6.02. The molecule has 0 saturated carbocycles. The summed E-state index contributed by atoms with van der Waals surface area (Å²) in [7, 11) is 0. The van der Waals surface area contributed by atoms with E-state index in [1.807, 2.05) is 0 Å². The molecule has 1 atom stereocenters. The van der Waals surface area contributed by atoms with Crippen LogP contribution in [-0.4, -0.2) is 29.3 Å². The van der Waals surface area contributed by atoms with Crippen LogP contribution in [0.4, 0.5) is 18.9 Å². The number of rotatable bonds is 2. The molecule has 0 aromatic heterocycles. The molecule has 0 unspecified atom stereocenters. The van der Waals surface area contributed by atoms with Crippen LogP contribution in [0.3, 0.4) is 0 Å². The van der Waals surface area contributed by atoms with Gasteiger partial charge in [0.15, 0.2) is 0 Å². The fraction of sp³-hybridized carbons (Fsp3) is 0.263. The van der Waals surface area contributed by atoms with E-state index in [4.69, 9.17) is 0 Å². The van der Waals surface area contributed by atoms with Crippen molar-refractivity contribution in [3.63, 3.8) is 0 Å². The zero-order chi connectivity index (χ0) is 19.1. The first-order chi connectivity index (χ1) is 12.2. The fourth-order valence-corrected chi connectivity index (χ4v) is 3.01. The summed E-state index contributed by atoms with van der Waals surface area (Å²) in [6.45, 7) is 3.78. The second-order valence-electron chi connectivity index (χ2n) is 6.02. The van der Waals surface area contributed by atoms with Crippen molar-refractivity contribution in [2.45, 2.75) is 26.1 Å². The first kappa shape index (κ1) is 18.0. The third-order valence-electron chi connectivity index (χ3n) is 4.25. The highest BCUT2D eigenvalue weighted by atomic mass is 19.4. The molecule has 1 N–H and O–H groups in total. The van der Waals surface area contributed by atoms with Crippen LogP contribution in [0.25, 0.3) is 0 Å². The first-order valence-electron chi connectivity index (χ1n) is 8.12. The number of carbonyl (C=O) groups excluding carboxylic acids is 1. The number of halogens is 3. The minimum absolute atomic E-state index is 0.0542. The summed E-state index contributed by atoms with van der Waals surface area (Å²) in [5.74, 6) is -0.303. The van der Waals surface area contributed by atoms with Crippen LogP contribution < -0.4 is 4.90 Å². The number of benzene rings is 2. The maximum Gasteiger partial charge on any atom is 0.416 e. The van der Waals surface area contributed by atoms with E-state index < -0.39 is 17.8 Å². The Hall–Kier alpha value is -2.83. The van der Waals surface area contributed by atoms with Crippen LogP contribution in [-0.2, 0) is 11.0 Å². The number of benzodiazepines with no additional fused rings is 1. The molecular formula is C19H17F3N2O2. The SMILES string of the molecule is CCN1C(=O)[C@H](C)N=C(c2cccc(C(F)(F)F)c2)c2cc(O)ccc21. The fourth-order valence-electron chi connectivity index (χ4n) is 3.01. The van der Waals surface area contributed by atoms with Crippen LogP contribution >= 0.6 is 0 Å². The largest absolute Gasteiger partial charge is 0.508 e. The highest BCUT2D eigenvalue weighted by Crippen LogP contribution is 2.34. The van der Waals surface area contributed by atoms with Gasteiger partial charge in [-0.2, -0.15) is 13.2 Å². The number of fused-ring (bicyclic) bond motifs is 1. The number of phenols is 1. The molecule has 4 nitrogen and oxygen atoms in total. The Kier molecular flexibility index (Phi) is 4.48. The topological polar surface area (TPSA) is 52.9 Å². The number of carbonyl (C=O) groups is 1. The van der Waals surface area contributed by atoms with Gasteiger partial charge >= 0.3 is 6.18 Å². The maximum atomic E-state index is 13.1. The molecule has 2 aromatic rings. The normalized spacial score (nSPS) is 17.6. The summed E-state index contributed by atoms with van der Waals surface area (Å²) in [5, 5.41) is 9.88. The summed E-state index contributed by atoms with van der Waals surface area (Å²) in [6.07, 6.45) is -4.49. The van der Waals surface area contributed by atoms with Crippen molar-refractivity contribution in [3.8, 4) is 5.75 Å². The van der Waals surface area contributed by atoms with E-state index in [1.54, 1.807) is 19.9 Å². The van der Waals surface area contributed by atoms with Crippen molar-refractivity contribution in [2.24, 2.45) is 4.99 Å². The average Bonchev–Trinajstić information content (AvgIpc) is 2.69. The predicted octanol–water partition coefficient (Wildman–Crippen LogP) is 4.00. The van der Waals surface area contributed by atoms with Gasteiger partial charge in [0.2, 0.25) is 0 Å². The van der Waals surface area contributed by atoms with Gasteiger partial charge in [-0.1, -0.05) is 12.1 Å². The molecule has 0 saturated heterocycles. The van der Waals surface area contributed by atoms with Crippen molar-refractivity contribution in [1.82, 2.24) is 0 Å². The van der Waals surface area contributed by atoms with Gasteiger partial charge in [-0.25, -0.2) is 0 Å².